The molecule has 0 aliphatic rings. The maximum absolute atomic E-state index is 13.4. The van der Waals surface area contributed by atoms with Gasteiger partial charge in [0.05, 0.1) is 0 Å². The van der Waals surface area contributed by atoms with Gasteiger partial charge >= 0.3 is 5.97 Å². The zero-order chi connectivity index (χ0) is 20.9. The maximum Gasteiger partial charge on any atom is 0.329 e. The highest BCUT2D eigenvalue weighted by Crippen LogP contribution is 2.11. The quantitative estimate of drug-likeness (QED) is 0.261. The summed E-state index contributed by atoms with van der Waals surface area (Å²) in [4.78, 5) is 24.4. The molecule has 0 spiro atoms. The number of halogens is 2. The van der Waals surface area contributed by atoms with E-state index < -0.39 is 29.6 Å². The Bertz CT molecular complexity index is 679. The van der Waals surface area contributed by atoms with Crippen molar-refractivity contribution in [3.05, 3.63) is 59.7 Å². The van der Waals surface area contributed by atoms with Crippen LogP contribution in [0.3, 0.4) is 0 Å². The number of nitrogens with one attached hydrogen (secondary N) is 1. The van der Waals surface area contributed by atoms with E-state index in [1.807, 2.05) is 0 Å². The zero-order valence-electron chi connectivity index (χ0n) is 16.7. The van der Waals surface area contributed by atoms with Crippen molar-refractivity contribution in [3.63, 3.8) is 0 Å². The van der Waals surface area contributed by atoms with Crippen LogP contribution in [0.25, 0.3) is 0 Å². The minimum absolute atomic E-state index is 0.0598. The van der Waals surface area contributed by atoms with Gasteiger partial charge in [-0.2, -0.15) is 0 Å². The molecular weight excluding hydrogens is 364 g/mol. The number of esters is 1. The predicted molar refractivity (Wildman–Crippen MR) is 106 cm³/mol. The number of benzene rings is 1. The van der Waals surface area contributed by atoms with Crippen molar-refractivity contribution in [2.45, 2.75) is 52.5 Å². The van der Waals surface area contributed by atoms with Gasteiger partial charge in [0.2, 0.25) is 5.91 Å². The summed E-state index contributed by atoms with van der Waals surface area (Å²) in [7, 11) is 0. The number of unbranched alkanes of at least 4 members (excludes halogenated alkanes) is 1. The summed E-state index contributed by atoms with van der Waals surface area (Å²) < 4.78 is 31.9. The average molecular weight is 393 g/mol. The van der Waals surface area contributed by atoms with Crippen molar-refractivity contribution in [1.82, 2.24) is 5.32 Å². The summed E-state index contributed by atoms with van der Waals surface area (Å²) in [5.41, 5.74) is 0.256. The van der Waals surface area contributed by atoms with Crippen LogP contribution in [0.5, 0.6) is 0 Å². The van der Waals surface area contributed by atoms with Gasteiger partial charge in [-0.05, 0) is 49.5 Å². The lowest BCUT2D eigenvalue weighted by Crippen LogP contribution is -2.42. The highest BCUT2D eigenvalue weighted by atomic mass is 19.1. The normalized spacial score (nSPS) is 12.6. The van der Waals surface area contributed by atoms with Crippen LogP contribution in [0.2, 0.25) is 0 Å². The van der Waals surface area contributed by atoms with E-state index >= 15 is 0 Å². The molecule has 6 heteroatoms. The van der Waals surface area contributed by atoms with Crippen LogP contribution < -0.4 is 5.32 Å². The highest BCUT2D eigenvalue weighted by molar-refractivity contribution is 5.91. The second-order valence-electron chi connectivity index (χ2n) is 6.97. The third-order valence-electron chi connectivity index (χ3n) is 3.94. The third kappa shape index (κ3) is 10.00. The van der Waals surface area contributed by atoms with Crippen molar-refractivity contribution >= 4 is 11.9 Å². The maximum atomic E-state index is 13.4. The lowest BCUT2D eigenvalue weighted by molar-refractivity contribution is -0.146. The predicted octanol–water partition coefficient (Wildman–Crippen LogP) is 4.49. The van der Waals surface area contributed by atoms with Crippen molar-refractivity contribution in [2.75, 3.05) is 6.61 Å². The molecule has 0 saturated heterocycles. The second-order valence-corrected chi connectivity index (χ2v) is 6.97. The molecule has 0 bridgehead atoms. The number of hydrogen-bond acceptors (Lipinski definition) is 3. The van der Waals surface area contributed by atoms with Gasteiger partial charge in [-0.3, -0.25) is 4.79 Å². The minimum Gasteiger partial charge on any atom is -0.460 e. The smallest absolute Gasteiger partial charge is 0.329 e. The molecular formula is C22H29F2NO3. The van der Waals surface area contributed by atoms with E-state index in [0.717, 1.165) is 37.5 Å². The Hall–Kier alpha value is -2.50. The SMILES string of the molecule is C/C=C\COC(=O)[C@H](Cc1cc(F)cc(F)c1)NC(=O)/C=C/CCCC(C)C. The van der Waals surface area contributed by atoms with Gasteiger partial charge in [-0.1, -0.05) is 38.5 Å². The van der Waals surface area contributed by atoms with E-state index in [2.05, 4.69) is 19.2 Å². The molecule has 1 aromatic rings. The Balaban J connectivity index is 2.75. The van der Waals surface area contributed by atoms with E-state index in [9.17, 15) is 18.4 Å². The van der Waals surface area contributed by atoms with Gasteiger partial charge in [0.1, 0.15) is 24.3 Å². The van der Waals surface area contributed by atoms with Gasteiger partial charge in [0.15, 0.2) is 0 Å². The van der Waals surface area contributed by atoms with Crippen LogP contribution >= 0.6 is 0 Å². The van der Waals surface area contributed by atoms with Crippen molar-refractivity contribution in [1.29, 1.82) is 0 Å². The number of rotatable bonds is 11. The summed E-state index contributed by atoms with van der Waals surface area (Å²) >= 11 is 0. The molecule has 1 atom stereocenters. The first-order valence-electron chi connectivity index (χ1n) is 9.51. The summed E-state index contributed by atoms with van der Waals surface area (Å²) in [5, 5.41) is 2.56. The molecule has 0 saturated carbocycles. The molecule has 0 unspecified atom stereocenters. The average Bonchev–Trinajstić information content (AvgIpc) is 2.59. The Kier molecular flexibility index (Phi) is 10.8. The van der Waals surface area contributed by atoms with E-state index in [-0.39, 0.29) is 18.6 Å². The minimum atomic E-state index is -1.04. The van der Waals surface area contributed by atoms with Crippen LogP contribution in [0.15, 0.2) is 42.5 Å². The van der Waals surface area contributed by atoms with Crippen LogP contribution in [0, 0.1) is 17.6 Å². The highest BCUT2D eigenvalue weighted by Gasteiger charge is 2.22. The second kappa shape index (κ2) is 12.8. The molecule has 28 heavy (non-hydrogen) atoms. The summed E-state index contributed by atoms with van der Waals surface area (Å²) in [6.07, 6.45) is 9.22. The van der Waals surface area contributed by atoms with Crippen LogP contribution in [0.1, 0.15) is 45.6 Å². The molecule has 0 aliphatic carbocycles. The monoisotopic (exact) mass is 393 g/mol. The fourth-order valence-electron chi connectivity index (χ4n) is 2.54. The van der Waals surface area contributed by atoms with E-state index in [1.54, 1.807) is 25.2 Å². The van der Waals surface area contributed by atoms with Crippen molar-refractivity contribution < 1.29 is 23.1 Å². The van der Waals surface area contributed by atoms with E-state index in [4.69, 9.17) is 4.74 Å². The fraction of sp³-hybridized carbons (Fsp3) is 0.455. The number of carbonyl (C=O) groups excluding carboxylic acids is 2. The molecule has 0 aliphatic heterocycles. The number of carbonyl (C=O) groups is 2. The van der Waals surface area contributed by atoms with Crippen LogP contribution in [-0.2, 0) is 20.7 Å². The molecule has 1 aromatic carbocycles. The lowest BCUT2D eigenvalue weighted by Gasteiger charge is -2.17. The Morgan fingerprint density at radius 3 is 2.43 bits per heavy atom. The van der Waals surface area contributed by atoms with Crippen LogP contribution in [0.4, 0.5) is 8.78 Å². The topological polar surface area (TPSA) is 55.4 Å². The number of hydrogen-bond donors (Lipinski definition) is 1. The zero-order valence-corrected chi connectivity index (χ0v) is 16.7. The molecule has 154 valence electrons. The van der Waals surface area contributed by atoms with Gasteiger partial charge in [-0.15, -0.1) is 0 Å². The van der Waals surface area contributed by atoms with Gasteiger partial charge in [0, 0.05) is 12.5 Å². The molecule has 1 N–H and O–H groups in total. The number of allylic oxidation sites excluding steroid dienone is 2. The molecule has 0 radical (unpaired) electrons. The first-order valence-corrected chi connectivity index (χ1v) is 9.51. The van der Waals surface area contributed by atoms with Gasteiger partial charge < -0.3 is 10.1 Å². The lowest BCUT2D eigenvalue weighted by atomic mass is 10.1. The summed E-state index contributed by atoms with van der Waals surface area (Å²) in [5.74, 6) is -2.00. The van der Waals surface area contributed by atoms with E-state index in [1.165, 1.54) is 6.08 Å². The molecule has 0 heterocycles. The number of amides is 1. The Labute approximate surface area is 165 Å². The summed E-state index contributed by atoms with van der Waals surface area (Å²) in [6, 6.07) is 1.97. The van der Waals surface area contributed by atoms with Crippen LogP contribution in [-0.4, -0.2) is 24.5 Å². The molecule has 1 rings (SSSR count). The first kappa shape index (κ1) is 23.5. The Morgan fingerprint density at radius 1 is 1.14 bits per heavy atom. The van der Waals surface area contributed by atoms with Crippen molar-refractivity contribution in [3.8, 4) is 0 Å². The summed E-state index contributed by atoms with van der Waals surface area (Å²) in [6.45, 7) is 6.11. The van der Waals surface area contributed by atoms with Gasteiger partial charge in [0.25, 0.3) is 0 Å². The largest absolute Gasteiger partial charge is 0.460 e. The Morgan fingerprint density at radius 2 is 1.82 bits per heavy atom. The van der Waals surface area contributed by atoms with Crippen molar-refractivity contribution in [2.24, 2.45) is 5.92 Å². The molecule has 0 fully saturated rings. The molecule has 0 aromatic heterocycles. The first-order chi connectivity index (χ1) is 13.3. The molecule has 1 amide bonds. The molecule has 4 nitrogen and oxygen atoms in total. The third-order valence-corrected chi connectivity index (χ3v) is 3.94. The van der Waals surface area contributed by atoms with Gasteiger partial charge in [-0.25, -0.2) is 13.6 Å². The fourth-order valence-corrected chi connectivity index (χ4v) is 2.54. The standard InChI is InChI=1S/C22H29F2NO3/c1-4-5-11-28-22(27)20(14-17-12-18(23)15-19(24)13-17)25-21(26)10-8-6-7-9-16(2)3/h4-5,8,10,12-13,15-16,20H,6-7,9,11,14H2,1-3H3,(H,25,26)/b5-4-,10-8+/t20-/m0/s1. The number of ether oxygens (including phenoxy) is 1. The van der Waals surface area contributed by atoms with E-state index in [0.29, 0.717) is 5.92 Å².